The Balaban J connectivity index is 1.76. The number of allylic oxidation sites excluding steroid dienone is 1. The van der Waals surface area contributed by atoms with E-state index in [1.807, 2.05) is 48.7 Å². The van der Waals surface area contributed by atoms with Gasteiger partial charge in [-0.1, -0.05) is 87.5 Å². The SMILES string of the molecule is CC(C)(C)[Si](C)(C)O[C@@H](C[C@H]1CCC=CN1C(=O)OCc1ccccc1)c1ccccc1. The van der Waals surface area contributed by atoms with Crippen LogP contribution in [0.1, 0.15) is 57.3 Å². The first-order chi connectivity index (χ1) is 15.2. The molecule has 1 amide bonds. The molecule has 1 aliphatic heterocycles. The highest BCUT2D eigenvalue weighted by Crippen LogP contribution is 2.41. The largest absolute Gasteiger partial charge is 0.444 e. The molecule has 0 aliphatic carbocycles. The van der Waals surface area contributed by atoms with Crippen LogP contribution in [0.25, 0.3) is 0 Å². The second kappa shape index (κ2) is 10.5. The van der Waals surface area contributed by atoms with Gasteiger partial charge in [-0.15, -0.1) is 0 Å². The molecule has 32 heavy (non-hydrogen) atoms. The molecule has 0 bridgehead atoms. The molecule has 1 heterocycles. The molecule has 0 spiro atoms. The maximum absolute atomic E-state index is 13.0. The fourth-order valence-corrected chi connectivity index (χ4v) is 4.97. The van der Waals surface area contributed by atoms with E-state index in [-0.39, 0.29) is 29.9 Å². The topological polar surface area (TPSA) is 38.8 Å². The molecule has 4 nitrogen and oxygen atoms in total. The van der Waals surface area contributed by atoms with Gasteiger partial charge in [-0.2, -0.15) is 0 Å². The molecule has 0 saturated heterocycles. The molecule has 2 atom stereocenters. The number of carbonyl (C=O) groups is 1. The Morgan fingerprint density at radius 1 is 1.06 bits per heavy atom. The average molecular weight is 452 g/mol. The lowest BCUT2D eigenvalue weighted by Gasteiger charge is -2.41. The lowest BCUT2D eigenvalue weighted by molar-refractivity contribution is 0.0782. The van der Waals surface area contributed by atoms with Crippen molar-refractivity contribution in [3.63, 3.8) is 0 Å². The molecule has 0 saturated carbocycles. The number of amides is 1. The smallest absolute Gasteiger partial charge is 0.414 e. The van der Waals surface area contributed by atoms with Gasteiger partial charge in [0.2, 0.25) is 0 Å². The van der Waals surface area contributed by atoms with Gasteiger partial charge in [-0.05, 0) is 48.5 Å². The zero-order valence-electron chi connectivity index (χ0n) is 20.1. The fourth-order valence-electron chi connectivity index (χ4n) is 3.67. The van der Waals surface area contributed by atoms with Crippen molar-refractivity contribution in [2.75, 3.05) is 0 Å². The first-order valence-electron chi connectivity index (χ1n) is 11.6. The number of nitrogens with zero attached hydrogens (tertiary/aromatic N) is 1. The summed E-state index contributed by atoms with van der Waals surface area (Å²) in [5.74, 6) is 0. The second-order valence-corrected chi connectivity index (χ2v) is 14.8. The molecule has 3 rings (SSSR count). The minimum absolute atomic E-state index is 0.0400. The minimum Gasteiger partial charge on any atom is -0.444 e. The van der Waals surface area contributed by atoms with Crippen LogP contribution >= 0.6 is 0 Å². The molecule has 2 aromatic carbocycles. The number of ether oxygens (including phenoxy) is 1. The third-order valence-corrected chi connectivity index (χ3v) is 11.1. The number of hydrogen-bond donors (Lipinski definition) is 0. The number of benzene rings is 2. The molecule has 1 aliphatic rings. The summed E-state index contributed by atoms with van der Waals surface area (Å²) >= 11 is 0. The first kappa shape index (κ1) is 24.3. The normalized spacial score (nSPS) is 17.8. The van der Waals surface area contributed by atoms with Crippen LogP contribution in [-0.4, -0.2) is 25.4 Å². The minimum atomic E-state index is -2.00. The Labute approximate surface area is 194 Å². The van der Waals surface area contributed by atoms with Crippen LogP contribution in [0.5, 0.6) is 0 Å². The Kier molecular flexibility index (Phi) is 7.96. The van der Waals surface area contributed by atoms with Gasteiger partial charge in [0.15, 0.2) is 8.32 Å². The van der Waals surface area contributed by atoms with Crippen molar-refractivity contribution in [3.8, 4) is 0 Å². The van der Waals surface area contributed by atoms with E-state index in [0.717, 1.165) is 24.8 Å². The van der Waals surface area contributed by atoms with Crippen LogP contribution in [0.4, 0.5) is 4.79 Å². The zero-order chi connectivity index (χ0) is 23.2. The highest BCUT2D eigenvalue weighted by Gasteiger charge is 2.40. The molecule has 172 valence electrons. The molecule has 2 aromatic rings. The molecule has 0 N–H and O–H groups in total. The number of rotatable bonds is 7. The summed E-state index contributed by atoms with van der Waals surface area (Å²) in [6, 6.07) is 20.3. The van der Waals surface area contributed by atoms with Crippen molar-refractivity contribution >= 4 is 14.4 Å². The molecule has 5 heteroatoms. The van der Waals surface area contributed by atoms with E-state index in [1.165, 1.54) is 5.56 Å². The summed E-state index contributed by atoms with van der Waals surface area (Å²) in [5.41, 5.74) is 2.16. The summed E-state index contributed by atoms with van der Waals surface area (Å²) in [6.45, 7) is 11.6. The van der Waals surface area contributed by atoms with E-state index in [1.54, 1.807) is 4.90 Å². The van der Waals surface area contributed by atoms with Crippen molar-refractivity contribution in [1.82, 2.24) is 4.90 Å². The highest BCUT2D eigenvalue weighted by molar-refractivity contribution is 6.74. The number of hydrogen-bond acceptors (Lipinski definition) is 3. The molecule has 0 aromatic heterocycles. The Bertz CT molecular complexity index is 890. The average Bonchev–Trinajstić information content (AvgIpc) is 2.78. The maximum Gasteiger partial charge on any atom is 0.414 e. The summed E-state index contributed by atoms with van der Waals surface area (Å²) < 4.78 is 12.5. The van der Waals surface area contributed by atoms with Gasteiger partial charge in [0.05, 0.1) is 6.10 Å². The number of carbonyl (C=O) groups excluding carboxylic acids is 1. The standard InChI is InChI=1S/C27H37NO3Si/c1-27(2,3)32(4,5)31-25(23-16-10-7-11-17-23)20-24-18-12-13-19-28(24)26(29)30-21-22-14-8-6-9-15-22/h6-11,13-17,19,24-25H,12,18,20-21H2,1-5H3/t24-,25+/m1/s1. The quantitative estimate of drug-likeness (QED) is 0.410. The van der Waals surface area contributed by atoms with Crippen LogP contribution in [0.3, 0.4) is 0 Å². The van der Waals surface area contributed by atoms with Crippen LogP contribution < -0.4 is 0 Å². The van der Waals surface area contributed by atoms with Crippen molar-refractivity contribution in [1.29, 1.82) is 0 Å². The van der Waals surface area contributed by atoms with Crippen LogP contribution in [0.15, 0.2) is 72.9 Å². The predicted molar refractivity (Wildman–Crippen MR) is 133 cm³/mol. The van der Waals surface area contributed by atoms with Gasteiger partial charge in [0.25, 0.3) is 0 Å². The summed E-state index contributed by atoms with van der Waals surface area (Å²) in [4.78, 5) is 14.7. The molecule has 0 fully saturated rings. The van der Waals surface area contributed by atoms with E-state index in [9.17, 15) is 4.79 Å². The van der Waals surface area contributed by atoms with Crippen LogP contribution in [-0.2, 0) is 15.8 Å². The van der Waals surface area contributed by atoms with E-state index < -0.39 is 8.32 Å². The van der Waals surface area contributed by atoms with Crippen molar-refractivity contribution in [2.45, 2.75) is 76.9 Å². The maximum atomic E-state index is 13.0. The lowest BCUT2D eigenvalue weighted by atomic mass is 9.96. The summed E-state index contributed by atoms with van der Waals surface area (Å²) in [6.07, 6.45) is 6.19. The van der Waals surface area contributed by atoms with Crippen LogP contribution in [0.2, 0.25) is 18.1 Å². The fraction of sp³-hybridized carbons (Fsp3) is 0.444. The molecular formula is C27H37NO3Si. The first-order valence-corrected chi connectivity index (χ1v) is 14.5. The van der Waals surface area contributed by atoms with Gasteiger partial charge in [-0.25, -0.2) is 4.79 Å². The third-order valence-electron chi connectivity index (χ3n) is 6.64. The van der Waals surface area contributed by atoms with E-state index >= 15 is 0 Å². The predicted octanol–water partition coefficient (Wildman–Crippen LogP) is 7.45. The molecule has 0 radical (unpaired) electrons. The van der Waals surface area contributed by atoms with Gasteiger partial charge < -0.3 is 9.16 Å². The zero-order valence-corrected chi connectivity index (χ0v) is 21.1. The Morgan fingerprint density at radius 2 is 1.69 bits per heavy atom. The van der Waals surface area contributed by atoms with E-state index in [2.05, 4.69) is 58.1 Å². The van der Waals surface area contributed by atoms with Crippen molar-refractivity contribution in [3.05, 3.63) is 84.1 Å². The van der Waals surface area contributed by atoms with Crippen molar-refractivity contribution < 1.29 is 14.0 Å². The van der Waals surface area contributed by atoms with E-state index in [0.29, 0.717) is 0 Å². The lowest BCUT2D eigenvalue weighted by Crippen LogP contribution is -2.44. The van der Waals surface area contributed by atoms with E-state index in [4.69, 9.17) is 9.16 Å². The Hall–Kier alpha value is -2.37. The summed E-state index contributed by atoms with van der Waals surface area (Å²) in [5, 5.41) is 0.112. The van der Waals surface area contributed by atoms with Gasteiger partial charge in [-0.3, -0.25) is 4.90 Å². The second-order valence-electron chi connectivity index (χ2n) is 10.1. The van der Waals surface area contributed by atoms with Gasteiger partial charge in [0, 0.05) is 12.2 Å². The molecular weight excluding hydrogens is 414 g/mol. The van der Waals surface area contributed by atoms with Gasteiger partial charge >= 0.3 is 6.09 Å². The molecule has 0 unspecified atom stereocenters. The summed E-state index contributed by atoms with van der Waals surface area (Å²) in [7, 11) is -2.00. The third kappa shape index (κ3) is 6.33. The Morgan fingerprint density at radius 3 is 2.31 bits per heavy atom. The van der Waals surface area contributed by atoms with Crippen LogP contribution in [0, 0.1) is 0 Å². The van der Waals surface area contributed by atoms with Crippen molar-refractivity contribution in [2.24, 2.45) is 0 Å². The monoisotopic (exact) mass is 451 g/mol. The van der Waals surface area contributed by atoms with Gasteiger partial charge in [0.1, 0.15) is 6.61 Å². The highest BCUT2D eigenvalue weighted by atomic mass is 28.4.